The summed E-state index contributed by atoms with van der Waals surface area (Å²) in [6.07, 6.45) is 8.12. The number of nitrogens with two attached hydrogens (primary N) is 1. The third kappa shape index (κ3) is 1.75. The molecule has 2 atom stereocenters. The van der Waals surface area contributed by atoms with Crippen LogP contribution >= 0.6 is 0 Å². The van der Waals surface area contributed by atoms with Gasteiger partial charge in [0.25, 0.3) is 0 Å². The molecule has 3 aliphatic rings. The second-order valence-corrected chi connectivity index (χ2v) is 6.69. The molecule has 0 amide bonds. The Labute approximate surface area is 113 Å². The second-order valence-electron chi connectivity index (χ2n) is 6.69. The fourth-order valence-corrected chi connectivity index (χ4v) is 4.00. The molecular formula is C14H22N4O. The normalized spacial score (nSPS) is 37.3. The number of rotatable bonds is 2. The van der Waals surface area contributed by atoms with Crippen molar-refractivity contribution in [1.82, 2.24) is 15.0 Å². The predicted molar refractivity (Wildman–Crippen MR) is 70.6 cm³/mol. The lowest BCUT2D eigenvalue weighted by Gasteiger charge is -2.35. The summed E-state index contributed by atoms with van der Waals surface area (Å²) in [6, 6.07) is 1.42. The minimum atomic E-state index is -0.324. The highest BCUT2D eigenvalue weighted by Crippen LogP contribution is 2.42. The number of aromatic nitrogens is 2. The topological polar surface area (TPSA) is 68.2 Å². The summed E-state index contributed by atoms with van der Waals surface area (Å²) in [7, 11) is 2.25. The molecule has 3 fully saturated rings. The molecule has 2 saturated heterocycles. The van der Waals surface area contributed by atoms with E-state index in [9.17, 15) is 0 Å². The highest BCUT2D eigenvalue weighted by Gasteiger charge is 2.43. The first-order chi connectivity index (χ1) is 9.16. The van der Waals surface area contributed by atoms with Crippen molar-refractivity contribution in [3.8, 4) is 0 Å². The van der Waals surface area contributed by atoms with Gasteiger partial charge in [-0.2, -0.15) is 4.98 Å². The van der Waals surface area contributed by atoms with Gasteiger partial charge in [0.1, 0.15) is 0 Å². The van der Waals surface area contributed by atoms with Gasteiger partial charge < -0.3 is 15.2 Å². The fourth-order valence-electron chi connectivity index (χ4n) is 4.00. The molecule has 104 valence electrons. The summed E-state index contributed by atoms with van der Waals surface area (Å²) in [5.74, 6) is 2.03. The van der Waals surface area contributed by atoms with Crippen LogP contribution in [0.5, 0.6) is 0 Å². The van der Waals surface area contributed by atoms with Crippen molar-refractivity contribution < 1.29 is 4.52 Å². The Balaban J connectivity index is 1.54. The molecule has 5 heteroatoms. The Morgan fingerprint density at radius 1 is 1.26 bits per heavy atom. The molecule has 1 aliphatic carbocycles. The van der Waals surface area contributed by atoms with Crippen LogP contribution in [0, 0.1) is 0 Å². The zero-order valence-corrected chi connectivity index (χ0v) is 11.5. The molecule has 1 saturated carbocycles. The molecule has 0 spiro atoms. The van der Waals surface area contributed by atoms with Crippen molar-refractivity contribution in [3.05, 3.63) is 11.7 Å². The Morgan fingerprint density at radius 2 is 1.95 bits per heavy atom. The van der Waals surface area contributed by atoms with Gasteiger partial charge in [-0.25, -0.2) is 0 Å². The highest BCUT2D eigenvalue weighted by molar-refractivity contribution is 5.11. The van der Waals surface area contributed by atoms with Crippen molar-refractivity contribution >= 4 is 0 Å². The van der Waals surface area contributed by atoms with Crippen molar-refractivity contribution in [3.63, 3.8) is 0 Å². The van der Waals surface area contributed by atoms with Gasteiger partial charge in [0.15, 0.2) is 5.82 Å². The maximum absolute atomic E-state index is 6.25. The highest BCUT2D eigenvalue weighted by atomic mass is 16.5. The molecule has 2 N–H and O–H groups in total. The maximum Gasteiger partial charge on any atom is 0.246 e. The van der Waals surface area contributed by atoms with E-state index in [0.29, 0.717) is 23.9 Å². The monoisotopic (exact) mass is 262 g/mol. The number of nitrogens with zero attached hydrogens (tertiary/aromatic N) is 3. The first-order valence-corrected chi connectivity index (χ1v) is 7.51. The van der Waals surface area contributed by atoms with Crippen LogP contribution in [0.2, 0.25) is 0 Å². The molecule has 2 bridgehead atoms. The van der Waals surface area contributed by atoms with Crippen LogP contribution in [0.3, 0.4) is 0 Å². The lowest BCUT2D eigenvalue weighted by atomic mass is 9.77. The molecule has 0 aromatic carbocycles. The number of hydrogen-bond acceptors (Lipinski definition) is 5. The molecule has 1 aromatic heterocycles. The lowest BCUT2D eigenvalue weighted by Crippen LogP contribution is -2.43. The van der Waals surface area contributed by atoms with Crippen molar-refractivity contribution in [2.45, 2.75) is 68.5 Å². The van der Waals surface area contributed by atoms with Crippen molar-refractivity contribution in [2.75, 3.05) is 7.05 Å². The Bertz CT molecular complexity index is 468. The summed E-state index contributed by atoms with van der Waals surface area (Å²) >= 11 is 0. The van der Waals surface area contributed by atoms with E-state index >= 15 is 0 Å². The molecule has 5 nitrogen and oxygen atoms in total. The minimum absolute atomic E-state index is 0.324. The molecular weight excluding hydrogens is 240 g/mol. The molecule has 0 radical (unpaired) electrons. The molecule has 4 rings (SSSR count). The SMILES string of the molecule is CN1C2CCC1CC(c1noc(C3(N)CCC3)n1)C2. The van der Waals surface area contributed by atoms with E-state index in [-0.39, 0.29) is 5.54 Å². The van der Waals surface area contributed by atoms with Crippen LogP contribution < -0.4 is 5.73 Å². The Kier molecular flexibility index (Phi) is 2.51. The average Bonchev–Trinajstić information content (AvgIpc) is 2.90. The molecule has 3 heterocycles. The van der Waals surface area contributed by atoms with E-state index in [0.717, 1.165) is 18.7 Å². The van der Waals surface area contributed by atoms with Gasteiger partial charge >= 0.3 is 0 Å². The van der Waals surface area contributed by atoms with Gasteiger partial charge in [-0.05, 0) is 52.0 Å². The van der Waals surface area contributed by atoms with Gasteiger partial charge in [0.05, 0.1) is 5.54 Å². The number of hydrogen-bond donors (Lipinski definition) is 1. The van der Waals surface area contributed by atoms with Crippen LogP contribution in [0.15, 0.2) is 4.52 Å². The summed E-state index contributed by atoms with van der Waals surface area (Å²) in [4.78, 5) is 7.16. The molecule has 1 aromatic rings. The van der Waals surface area contributed by atoms with Crippen molar-refractivity contribution in [1.29, 1.82) is 0 Å². The average molecular weight is 262 g/mol. The third-order valence-electron chi connectivity index (χ3n) is 5.58. The predicted octanol–water partition coefficient (Wildman–Crippen LogP) is 1.75. The van der Waals surface area contributed by atoms with Gasteiger partial charge in [-0.15, -0.1) is 0 Å². The zero-order valence-electron chi connectivity index (χ0n) is 11.5. The van der Waals surface area contributed by atoms with Crippen LogP contribution in [-0.2, 0) is 5.54 Å². The second kappa shape index (κ2) is 4.03. The molecule has 19 heavy (non-hydrogen) atoms. The van der Waals surface area contributed by atoms with Crippen molar-refractivity contribution in [2.24, 2.45) is 5.73 Å². The van der Waals surface area contributed by atoms with Crippen LogP contribution in [0.4, 0.5) is 0 Å². The fraction of sp³-hybridized carbons (Fsp3) is 0.857. The Morgan fingerprint density at radius 3 is 2.53 bits per heavy atom. The first-order valence-electron chi connectivity index (χ1n) is 7.51. The van der Waals surface area contributed by atoms with Gasteiger partial charge in [0.2, 0.25) is 5.89 Å². The first kappa shape index (κ1) is 11.9. The summed E-state index contributed by atoms with van der Waals surface area (Å²) < 4.78 is 5.44. The van der Waals surface area contributed by atoms with E-state index in [1.165, 1.54) is 32.1 Å². The molecule has 2 unspecified atom stereocenters. The van der Waals surface area contributed by atoms with E-state index in [4.69, 9.17) is 10.3 Å². The van der Waals surface area contributed by atoms with Gasteiger partial charge in [-0.3, -0.25) is 0 Å². The third-order valence-corrected chi connectivity index (χ3v) is 5.58. The van der Waals surface area contributed by atoms with Crippen LogP contribution in [0.25, 0.3) is 0 Å². The van der Waals surface area contributed by atoms with Gasteiger partial charge in [0, 0.05) is 18.0 Å². The maximum atomic E-state index is 6.25. The quantitative estimate of drug-likeness (QED) is 0.879. The van der Waals surface area contributed by atoms with Crippen LogP contribution in [0.1, 0.15) is 62.6 Å². The van der Waals surface area contributed by atoms with E-state index in [1.807, 2.05) is 0 Å². The van der Waals surface area contributed by atoms with E-state index < -0.39 is 0 Å². The van der Waals surface area contributed by atoms with Gasteiger partial charge in [-0.1, -0.05) is 5.16 Å². The van der Waals surface area contributed by atoms with E-state index in [2.05, 4.69) is 22.1 Å². The minimum Gasteiger partial charge on any atom is -0.337 e. The summed E-state index contributed by atoms with van der Waals surface area (Å²) in [5, 5.41) is 4.23. The summed E-state index contributed by atoms with van der Waals surface area (Å²) in [5.41, 5.74) is 5.93. The van der Waals surface area contributed by atoms with Crippen LogP contribution in [-0.4, -0.2) is 34.2 Å². The lowest BCUT2D eigenvalue weighted by molar-refractivity contribution is 0.157. The summed E-state index contributed by atoms with van der Waals surface area (Å²) in [6.45, 7) is 0. The zero-order chi connectivity index (χ0) is 13.0. The number of fused-ring (bicyclic) bond motifs is 2. The molecule has 2 aliphatic heterocycles. The standard InChI is InChI=1S/C14H22N4O/c1-18-10-3-4-11(18)8-9(7-10)12-16-13(19-17-12)14(15)5-2-6-14/h9-11H,2-8,15H2,1H3. The largest absolute Gasteiger partial charge is 0.337 e. The number of piperidine rings is 1. The Hall–Kier alpha value is -0.940. The smallest absolute Gasteiger partial charge is 0.246 e. The van der Waals surface area contributed by atoms with E-state index in [1.54, 1.807) is 0 Å².